The molecule has 0 aliphatic carbocycles. The smallest absolute Gasteiger partial charge is 0.375 e. The molecule has 0 saturated carbocycles. The van der Waals surface area contributed by atoms with Crippen molar-refractivity contribution < 1.29 is 28.2 Å². The molecule has 0 bridgehead atoms. The summed E-state index contributed by atoms with van der Waals surface area (Å²) in [7, 11) is 1.53. The van der Waals surface area contributed by atoms with Gasteiger partial charge in [0.1, 0.15) is 11.3 Å². The van der Waals surface area contributed by atoms with Gasteiger partial charge in [-0.25, -0.2) is 4.79 Å². The molecule has 1 aromatic heterocycles. The number of hydrogen-bond acceptors (Lipinski definition) is 6. The number of carbonyl (C=O) groups excluding carboxylic acids is 2. The zero-order valence-electron chi connectivity index (χ0n) is 16.6. The van der Waals surface area contributed by atoms with E-state index in [1.807, 2.05) is 25.1 Å². The number of rotatable bonds is 8. The third-order valence-electron chi connectivity index (χ3n) is 4.26. The summed E-state index contributed by atoms with van der Waals surface area (Å²) < 4.78 is 21.5. The first-order valence-electron chi connectivity index (χ1n) is 9.27. The lowest BCUT2D eigenvalue weighted by Gasteiger charge is -2.13. The fraction of sp³-hybridized carbons (Fsp3) is 0.273. The number of methoxy groups -OCH3 is 1. The molecule has 0 saturated heterocycles. The van der Waals surface area contributed by atoms with E-state index in [1.165, 1.54) is 14.0 Å². The van der Waals surface area contributed by atoms with Gasteiger partial charge < -0.3 is 23.9 Å². The summed E-state index contributed by atoms with van der Waals surface area (Å²) in [6, 6.07) is 14.2. The van der Waals surface area contributed by atoms with Gasteiger partial charge in [0.15, 0.2) is 6.10 Å². The standard InChI is InChI=1S/C22H23NO6/c1-4-27-16-11-9-15(10-12-16)23-21(24)14(2)28-22(25)20-18(13-26-3)17-7-5-6-8-19(17)29-20/h5-12,14H,4,13H2,1-3H3,(H,23,24)/t14-/m0/s1. The highest BCUT2D eigenvalue weighted by molar-refractivity contribution is 5.99. The van der Waals surface area contributed by atoms with Crippen molar-refractivity contribution in [2.75, 3.05) is 19.0 Å². The number of fused-ring (bicyclic) bond motifs is 1. The Bertz CT molecular complexity index is 992. The summed E-state index contributed by atoms with van der Waals surface area (Å²) in [4.78, 5) is 25.0. The molecule has 152 valence electrons. The van der Waals surface area contributed by atoms with Crippen LogP contribution in [0.3, 0.4) is 0 Å². The van der Waals surface area contributed by atoms with Crippen LogP contribution in [-0.4, -0.2) is 31.7 Å². The molecular formula is C22H23NO6. The largest absolute Gasteiger partial charge is 0.494 e. The minimum absolute atomic E-state index is 0.0359. The monoisotopic (exact) mass is 397 g/mol. The Kier molecular flexibility index (Phi) is 6.51. The molecule has 3 aromatic rings. The number of nitrogens with one attached hydrogen (secondary N) is 1. The maximum Gasteiger partial charge on any atom is 0.375 e. The number of hydrogen-bond donors (Lipinski definition) is 1. The molecule has 0 radical (unpaired) electrons. The van der Waals surface area contributed by atoms with Crippen molar-refractivity contribution in [2.45, 2.75) is 26.6 Å². The molecule has 7 nitrogen and oxygen atoms in total. The lowest BCUT2D eigenvalue weighted by molar-refractivity contribution is -0.123. The molecule has 0 aliphatic rings. The van der Waals surface area contributed by atoms with Gasteiger partial charge in [-0.1, -0.05) is 18.2 Å². The van der Waals surface area contributed by atoms with Gasteiger partial charge in [-0.15, -0.1) is 0 Å². The van der Waals surface area contributed by atoms with Crippen LogP contribution in [0.4, 0.5) is 5.69 Å². The van der Waals surface area contributed by atoms with Crippen LogP contribution in [0.2, 0.25) is 0 Å². The van der Waals surface area contributed by atoms with Crippen molar-refractivity contribution in [3.8, 4) is 5.75 Å². The summed E-state index contributed by atoms with van der Waals surface area (Å²) in [5.74, 6) is -0.427. The number of benzene rings is 2. The maximum atomic E-state index is 12.6. The lowest BCUT2D eigenvalue weighted by Crippen LogP contribution is -2.30. The summed E-state index contributed by atoms with van der Waals surface area (Å²) in [6.45, 7) is 4.14. The molecule has 29 heavy (non-hydrogen) atoms. The lowest BCUT2D eigenvalue weighted by atomic mass is 10.1. The Morgan fingerprint density at radius 2 is 1.83 bits per heavy atom. The highest BCUT2D eigenvalue weighted by Gasteiger charge is 2.25. The second-order valence-corrected chi connectivity index (χ2v) is 6.33. The van der Waals surface area contributed by atoms with Crippen molar-refractivity contribution in [1.82, 2.24) is 0 Å². The predicted octanol–water partition coefficient (Wildman–Crippen LogP) is 4.16. The Labute approximate surface area is 168 Å². The molecule has 0 unspecified atom stereocenters. The molecule has 0 fully saturated rings. The maximum absolute atomic E-state index is 12.6. The molecular weight excluding hydrogens is 374 g/mol. The number of ether oxygens (including phenoxy) is 3. The summed E-state index contributed by atoms with van der Waals surface area (Å²) in [6.07, 6.45) is -1.02. The third kappa shape index (κ3) is 4.75. The first-order valence-corrected chi connectivity index (χ1v) is 9.27. The first kappa shape index (κ1) is 20.4. The number of amides is 1. The average molecular weight is 397 g/mol. The van der Waals surface area contributed by atoms with E-state index >= 15 is 0 Å². The van der Waals surface area contributed by atoms with E-state index in [1.54, 1.807) is 30.3 Å². The van der Waals surface area contributed by atoms with Crippen LogP contribution in [0.25, 0.3) is 11.0 Å². The SMILES string of the molecule is CCOc1ccc(NC(=O)[C@H](C)OC(=O)c2oc3ccccc3c2COC)cc1. The van der Waals surface area contributed by atoms with Gasteiger partial charge in [-0.2, -0.15) is 0 Å². The number of carbonyl (C=O) groups is 2. The van der Waals surface area contributed by atoms with Gasteiger partial charge in [0.05, 0.1) is 13.2 Å². The van der Waals surface area contributed by atoms with Crippen molar-refractivity contribution in [3.05, 3.63) is 59.9 Å². The van der Waals surface area contributed by atoms with Crippen molar-refractivity contribution in [3.63, 3.8) is 0 Å². The first-order chi connectivity index (χ1) is 14.0. The Balaban J connectivity index is 1.69. The van der Waals surface area contributed by atoms with Crippen molar-refractivity contribution >= 4 is 28.5 Å². The van der Waals surface area contributed by atoms with Gasteiger partial charge >= 0.3 is 5.97 Å². The highest BCUT2D eigenvalue weighted by Crippen LogP contribution is 2.27. The normalized spacial score (nSPS) is 11.8. The summed E-state index contributed by atoms with van der Waals surface area (Å²) >= 11 is 0. The van der Waals surface area contributed by atoms with Gasteiger partial charge in [0.2, 0.25) is 5.76 Å². The van der Waals surface area contributed by atoms with Gasteiger partial charge in [0, 0.05) is 23.7 Å². The van der Waals surface area contributed by atoms with Crippen LogP contribution in [0.15, 0.2) is 52.9 Å². The highest BCUT2D eigenvalue weighted by atomic mass is 16.6. The minimum Gasteiger partial charge on any atom is -0.494 e. The van der Waals surface area contributed by atoms with Crippen LogP contribution >= 0.6 is 0 Å². The van der Waals surface area contributed by atoms with Crippen LogP contribution in [0, 0.1) is 0 Å². The van der Waals surface area contributed by atoms with E-state index in [2.05, 4.69) is 5.32 Å². The molecule has 0 spiro atoms. The fourth-order valence-electron chi connectivity index (χ4n) is 2.86. The topological polar surface area (TPSA) is 87.0 Å². The summed E-state index contributed by atoms with van der Waals surface area (Å²) in [5, 5.41) is 3.48. The fourth-order valence-corrected chi connectivity index (χ4v) is 2.86. The van der Waals surface area contributed by atoms with Crippen molar-refractivity contribution in [2.24, 2.45) is 0 Å². The zero-order valence-corrected chi connectivity index (χ0v) is 16.6. The molecule has 1 N–H and O–H groups in total. The van der Waals surface area contributed by atoms with E-state index in [0.29, 0.717) is 29.2 Å². The molecule has 0 aliphatic heterocycles. The van der Waals surface area contributed by atoms with Crippen LogP contribution in [0.1, 0.15) is 30.0 Å². The van der Waals surface area contributed by atoms with Crippen molar-refractivity contribution in [1.29, 1.82) is 0 Å². The van der Waals surface area contributed by atoms with E-state index in [0.717, 1.165) is 5.39 Å². The second kappa shape index (κ2) is 9.25. The zero-order chi connectivity index (χ0) is 20.8. The summed E-state index contributed by atoms with van der Waals surface area (Å²) in [5.41, 5.74) is 1.72. The quantitative estimate of drug-likeness (QED) is 0.574. The molecule has 7 heteroatoms. The van der Waals surface area contributed by atoms with E-state index in [9.17, 15) is 9.59 Å². The number of furan rings is 1. The van der Waals surface area contributed by atoms with Gasteiger partial charge in [-0.05, 0) is 44.2 Å². The minimum atomic E-state index is -1.02. The van der Waals surface area contributed by atoms with Gasteiger partial charge in [-0.3, -0.25) is 4.79 Å². The Morgan fingerprint density at radius 1 is 1.10 bits per heavy atom. The van der Waals surface area contributed by atoms with E-state index in [-0.39, 0.29) is 12.4 Å². The number of anilines is 1. The van der Waals surface area contributed by atoms with Crippen LogP contribution in [-0.2, 0) is 20.9 Å². The molecule has 2 aromatic carbocycles. The van der Waals surface area contributed by atoms with E-state index in [4.69, 9.17) is 18.6 Å². The van der Waals surface area contributed by atoms with Crippen LogP contribution < -0.4 is 10.1 Å². The number of esters is 1. The molecule has 3 rings (SSSR count). The molecule has 1 atom stereocenters. The van der Waals surface area contributed by atoms with Crippen LogP contribution in [0.5, 0.6) is 5.75 Å². The molecule has 1 amide bonds. The third-order valence-corrected chi connectivity index (χ3v) is 4.26. The van der Waals surface area contributed by atoms with E-state index < -0.39 is 18.0 Å². The average Bonchev–Trinajstić information content (AvgIpc) is 3.09. The molecule has 1 heterocycles. The number of para-hydroxylation sites is 1. The Hall–Kier alpha value is -3.32. The predicted molar refractivity (Wildman–Crippen MR) is 108 cm³/mol. The second-order valence-electron chi connectivity index (χ2n) is 6.33. The van der Waals surface area contributed by atoms with Gasteiger partial charge in [0.25, 0.3) is 5.91 Å². The Morgan fingerprint density at radius 3 is 2.52 bits per heavy atom.